The van der Waals surface area contributed by atoms with E-state index >= 15 is 0 Å². The maximum atomic E-state index is 12.7. The topological polar surface area (TPSA) is 47.6 Å². The van der Waals surface area contributed by atoms with Gasteiger partial charge in [0.15, 0.2) is 5.60 Å². The molecule has 0 saturated carbocycles. The number of hydrogen-bond donors (Lipinski definition) is 1. The number of methoxy groups -OCH3 is 1. The van der Waals surface area contributed by atoms with E-state index in [1.54, 1.807) is 32.0 Å². The second kappa shape index (κ2) is 7.58. The zero-order chi connectivity index (χ0) is 19.5. The first kappa shape index (κ1) is 20.1. The zero-order valence-corrected chi connectivity index (χ0v) is 16.9. The first-order valence-electron chi connectivity index (χ1n) is 8.47. The van der Waals surface area contributed by atoms with Crippen LogP contribution < -0.4 is 14.8 Å². The van der Waals surface area contributed by atoms with Crippen molar-refractivity contribution in [2.75, 3.05) is 12.4 Å². The molecule has 1 N–H and O–H groups in total. The van der Waals surface area contributed by atoms with Crippen molar-refractivity contribution >= 4 is 23.2 Å². The van der Waals surface area contributed by atoms with Gasteiger partial charge in [0.05, 0.1) is 12.8 Å². The molecule has 1 amide bonds. The maximum absolute atomic E-state index is 12.7. The van der Waals surface area contributed by atoms with E-state index in [1.807, 2.05) is 24.3 Å². The lowest BCUT2D eigenvalue weighted by Crippen LogP contribution is -2.42. The smallest absolute Gasteiger partial charge is 0.268 e. The van der Waals surface area contributed by atoms with E-state index in [0.717, 1.165) is 0 Å². The molecular weight excluding hydrogens is 350 g/mol. The van der Waals surface area contributed by atoms with E-state index in [2.05, 4.69) is 26.1 Å². The predicted octanol–water partition coefficient (Wildman–Crippen LogP) is 5.44. The summed E-state index contributed by atoms with van der Waals surface area (Å²) in [5.74, 6) is 0.877. The van der Waals surface area contributed by atoms with Crippen molar-refractivity contribution in [1.29, 1.82) is 0 Å². The predicted molar refractivity (Wildman–Crippen MR) is 106 cm³/mol. The highest BCUT2D eigenvalue weighted by molar-refractivity contribution is 6.31. The number of ether oxygens (including phenoxy) is 2. The van der Waals surface area contributed by atoms with Crippen LogP contribution in [-0.2, 0) is 10.2 Å². The molecule has 26 heavy (non-hydrogen) atoms. The van der Waals surface area contributed by atoms with Crippen molar-refractivity contribution in [1.82, 2.24) is 0 Å². The largest absolute Gasteiger partial charge is 0.495 e. The molecule has 0 radical (unpaired) electrons. The van der Waals surface area contributed by atoms with E-state index in [4.69, 9.17) is 21.1 Å². The molecule has 0 aliphatic rings. The van der Waals surface area contributed by atoms with Crippen LogP contribution in [-0.4, -0.2) is 18.6 Å². The fraction of sp³-hybridized carbons (Fsp3) is 0.381. The number of hydrogen-bond acceptors (Lipinski definition) is 3. The Balaban J connectivity index is 2.14. The van der Waals surface area contributed by atoms with Gasteiger partial charge in [-0.25, -0.2) is 0 Å². The molecule has 0 bridgehead atoms. The summed E-state index contributed by atoms with van der Waals surface area (Å²) in [5.41, 5.74) is 0.700. The molecular formula is C21H26ClNO3. The van der Waals surface area contributed by atoms with E-state index < -0.39 is 5.60 Å². The third kappa shape index (κ3) is 4.92. The van der Waals surface area contributed by atoms with Gasteiger partial charge in [-0.2, -0.15) is 0 Å². The highest BCUT2D eigenvalue weighted by Gasteiger charge is 2.31. The van der Waals surface area contributed by atoms with Crippen LogP contribution in [0, 0.1) is 0 Å². The Morgan fingerprint density at radius 3 is 2.15 bits per heavy atom. The van der Waals surface area contributed by atoms with Gasteiger partial charge in [-0.05, 0) is 55.2 Å². The van der Waals surface area contributed by atoms with Crippen molar-refractivity contribution in [2.45, 2.75) is 45.6 Å². The Labute approximate surface area is 160 Å². The van der Waals surface area contributed by atoms with Crippen LogP contribution in [0.2, 0.25) is 5.02 Å². The van der Waals surface area contributed by atoms with E-state index in [9.17, 15) is 4.79 Å². The summed E-state index contributed by atoms with van der Waals surface area (Å²) in [6.07, 6.45) is 0. The normalized spacial score (nSPS) is 11.8. The molecule has 0 fully saturated rings. The second-order valence-electron chi connectivity index (χ2n) is 7.69. The van der Waals surface area contributed by atoms with Gasteiger partial charge in [-0.1, -0.05) is 44.5 Å². The lowest BCUT2D eigenvalue weighted by molar-refractivity contribution is -0.128. The van der Waals surface area contributed by atoms with Gasteiger partial charge in [0.25, 0.3) is 5.91 Å². The van der Waals surface area contributed by atoms with Crippen molar-refractivity contribution in [3.8, 4) is 11.5 Å². The van der Waals surface area contributed by atoms with Crippen LogP contribution in [0.4, 0.5) is 5.69 Å². The van der Waals surface area contributed by atoms with Crippen LogP contribution >= 0.6 is 11.6 Å². The fourth-order valence-electron chi connectivity index (χ4n) is 2.41. The Hall–Kier alpha value is -2.20. The molecule has 5 heteroatoms. The Morgan fingerprint density at radius 1 is 1.00 bits per heavy atom. The van der Waals surface area contributed by atoms with E-state index in [-0.39, 0.29) is 11.3 Å². The van der Waals surface area contributed by atoms with Crippen LogP contribution in [0.15, 0.2) is 42.5 Å². The lowest BCUT2D eigenvalue weighted by Gasteiger charge is -2.26. The summed E-state index contributed by atoms with van der Waals surface area (Å²) >= 11 is 6.01. The Kier molecular flexibility index (Phi) is 5.87. The maximum Gasteiger partial charge on any atom is 0.268 e. The molecule has 0 aliphatic heterocycles. The van der Waals surface area contributed by atoms with Crippen LogP contribution in [0.5, 0.6) is 11.5 Å². The Morgan fingerprint density at radius 2 is 1.62 bits per heavy atom. The van der Waals surface area contributed by atoms with Crippen LogP contribution in [0.3, 0.4) is 0 Å². The van der Waals surface area contributed by atoms with E-state index in [1.165, 1.54) is 12.7 Å². The van der Waals surface area contributed by atoms with Gasteiger partial charge in [0.1, 0.15) is 11.5 Å². The molecule has 0 aromatic heterocycles. The second-order valence-corrected chi connectivity index (χ2v) is 8.12. The first-order chi connectivity index (χ1) is 12.0. The molecule has 2 aromatic carbocycles. The van der Waals surface area contributed by atoms with Crippen molar-refractivity contribution in [3.05, 3.63) is 53.1 Å². The molecule has 0 unspecified atom stereocenters. The first-order valence-corrected chi connectivity index (χ1v) is 8.85. The Bertz CT molecular complexity index is 777. The number of carbonyl (C=O) groups excluding carboxylic acids is 1. The lowest BCUT2D eigenvalue weighted by atomic mass is 9.87. The van der Waals surface area contributed by atoms with Crippen molar-refractivity contribution in [2.24, 2.45) is 0 Å². The molecule has 0 aliphatic carbocycles. The number of nitrogens with one attached hydrogen (secondary N) is 1. The van der Waals surface area contributed by atoms with Gasteiger partial charge >= 0.3 is 0 Å². The summed E-state index contributed by atoms with van der Waals surface area (Å²) in [7, 11) is 1.54. The number of halogens is 1. The standard InChI is InChI=1S/C21H26ClNO3/c1-20(2,3)14-7-10-16(11-8-14)26-21(4,5)19(24)23-17-13-15(22)9-12-18(17)25-6/h7-13H,1-6H3,(H,23,24). The summed E-state index contributed by atoms with van der Waals surface area (Å²) in [6, 6.07) is 12.9. The minimum absolute atomic E-state index is 0.0640. The summed E-state index contributed by atoms with van der Waals surface area (Å²) < 4.78 is 11.2. The average molecular weight is 376 g/mol. The van der Waals surface area contributed by atoms with Crippen molar-refractivity contribution in [3.63, 3.8) is 0 Å². The molecule has 2 rings (SSSR count). The number of carbonyl (C=O) groups is 1. The van der Waals surface area contributed by atoms with Gasteiger partial charge in [-0.15, -0.1) is 0 Å². The van der Waals surface area contributed by atoms with Crippen LogP contribution in [0.25, 0.3) is 0 Å². The highest BCUT2D eigenvalue weighted by atomic mass is 35.5. The van der Waals surface area contributed by atoms with Gasteiger partial charge in [0.2, 0.25) is 0 Å². The molecule has 4 nitrogen and oxygen atoms in total. The molecule has 0 atom stereocenters. The number of rotatable bonds is 5. The number of benzene rings is 2. The number of anilines is 1. The molecule has 140 valence electrons. The number of amides is 1. The summed E-state index contributed by atoms with van der Waals surface area (Å²) in [5, 5.41) is 3.34. The average Bonchev–Trinajstić information content (AvgIpc) is 2.54. The van der Waals surface area contributed by atoms with Crippen molar-refractivity contribution < 1.29 is 14.3 Å². The monoisotopic (exact) mass is 375 g/mol. The van der Waals surface area contributed by atoms with Gasteiger partial charge in [-0.3, -0.25) is 4.79 Å². The molecule has 0 saturated heterocycles. The molecule has 0 heterocycles. The summed E-state index contributed by atoms with van der Waals surface area (Å²) in [4.78, 5) is 12.7. The minimum Gasteiger partial charge on any atom is -0.495 e. The third-order valence-electron chi connectivity index (χ3n) is 4.05. The van der Waals surface area contributed by atoms with Crippen LogP contribution in [0.1, 0.15) is 40.2 Å². The minimum atomic E-state index is -1.07. The third-order valence-corrected chi connectivity index (χ3v) is 4.28. The quantitative estimate of drug-likeness (QED) is 0.756. The zero-order valence-electron chi connectivity index (χ0n) is 16.1. The fourth-order valence-corrected chi connectivity index (χ4v) is 2.59. The molecule has 2 aromatic rings. The van der Waals surface area contributed by atoms with Gasteiger partial charge in [0, 0.05) is 5.02 Å². The summed E-state index contributed by atoms with van der Waals surface area (Å²) in [6.45, 7) is 9.89. The van der Waals surface area contributed by atoms with E-state index in [0.29, 0.717) is 22.2 Å². The molecule has 0 spiro atoms. The SMILES string of the molecule is COc1ccc(Cl)cc1NC(=O)C(C)(C)Oc1ccc(C(C)(C)C)cc1. The van der Waals surface area contributed by atoms with Gasteiger partial charge < -0.3 is 14.8 Å². The highest BCUT2D eigenvalue weighted by Crippen LogP contribution is 2.30.